The monoisotopic (exact) mass is 339 g/mol. The van der Waals surface area contributed by atoms with E-state index in [-0.39, 0.29) is 0 Å². The summed E-state index contributed by atoms with van der Waals surface area (Å²) in [7, 11) is 1.96. The lowest BCUT2D eigenvalue weighted by Gasteiger charge is -2.06. The summed E-state index contributed by atoms with van der Waals surface area (Å²) < 4.78 is 4.95. The standard InChI is InChI=1S/C14H22BrN5/c1-9(2)16-6-12-7-20(18-10(12)3)8-13-14(15)11(4)17-19(13)5/h7,9,16H,6,8H2,1-5H3. The molecule has 2 rings (SSSR count). The average Bonchev–Trinajstić information content (AvgIpc) is 2.82. The Bertz CT molecular complexity index is 597. The van der Waals surface area contributed by atoms with Gasteiger partial charge in [-0.2, -0.15) is 10.2 Å². The van der Waals surface area contributed by atoms with Gasteiger partial charge < -0.3 is 5.32 Å². The summed E-state index contributed by atoms with van der Waals surface area (Å²) in [6.45, 7) is 9.93. The van der Waals surface area contributed by atoms with E-state index < -0.39 is 0 Å². The molecule has 0 radical (unpaired) electrons. The number of aryl methyl sites for hydroxylation is 3. The molecule has 2 aromatic heterocycles. The van der Waals surface area contributed by atoms with E-state index in [1.807, 2.05) is 23.3 Å². The third-order valence-corrected chi connectivity index (χ3v) is 4.35. The van der Waals surface area contributed by atoms with Crippen LogP contribution in [-0.2, 0) is 20.1 Å². The minimum atomic E-state index is 0.478. The lowest BCUT2D eigenvalue weighted by Crippen LogP contribution is -2.21. The van der Waals surface area contributed by atoms with Gasteiger partial charge in [-0.05, 0) is 29.8 Å². The normalized spacial score (nSPS) is 11.6. The van der Waals surface area contributed by atoms with Crippen LogP contribution in [0.4, 0.5) is 0 Å². The molecular formula is C14H22BrN5. The molecule has 5 nitrogen and oxygen atoms in total. The van der Waals surface area contributed by atoms with Gasteiger partial charge in [-0.3, -0.25) is 9.36 Å². The molecule has 0 amide bonds. The van der Waals surface area contributed by atoms with Gasteiger partial charge in [0, 0.05) is 31.4 Å². The second kappa shape index (κ2) is 6.10. The highest BCUT2D eigenvalue weighted by atomic mass is 79.9. The molecule has 0 aliphatic rings. The molecule has 0 aliphatic carbocycles. The second-order valence-corrected chi connectivity index (χ2v) is 6.24. The molecule has 0 bridgehead atoms. The van der Waals surface area contributed by atoms with Gasteiger partial charge in [0.25, 0.3) is 0 Å². The molecule has 0 aliphatic heterocycles. The maximum Gasteiger partial charge on any atom is 0.0839 e. The van der Waals surface area contributed by atoms with Crippen molar-refractivity contribution in [3.8, 4) is 0 Å². The lowest BCUT2D eigenvalue weighted by atomic mass is 10.2. The van der Waals surface area contributed by atoms with Crippen LogP contribution in [0.3, 0.4) is 0 Å². The van der Waals surface area contributed by atoms with Gasteiger partial charge in [0.1, 0.15) is 0 Å². The smallest absolute Gasteiger partial charge is 0.0839 e. The van der Waals surface area contributed by atoms with Crippen molar-refractivity contribution in [1.82, 2.24) is 24.9 Å². The molecule has 1 N–H and O–H groups in total. The molecule has 0 saturated heterocycles. The minimum Gasteiger partial charge on any atom is -0.310 e. The Morgan fingerprint density at radius 2 is 1.95 bits per heavy atom. The largest absolute Gasteiger partial charge is 0.310 e. The van der Waals surface area contributed by atoms with Crippen LogP contribution >= 0.6 is 15.9 Å². The fourth-order valence-corrected chi connectivity index (χ4v) is 2.59. The fourth-order valence-electron chi connectivity index (χ4n) is 2.13. The predicted molar refractivity (Wildman–Crippen MR) is 83.7 cm³/mol. The molecule has 20 heavy (non-hydrogen) atoms. The van der Waals surface area contributed by atoms with Crippen LogP contribution in [0.2, 0.25) is 0 Å². The van der Waals surface area contributed by atoms with Gasteiger partial charge in [-0.25, -0.2) is 0 Å². The number of hydrogen-bond acceptors (Lipinski definition) is 3. The van der Waals surface area contributed by atoms with Crippen molar-refractivity contribution in [2.24, 2.45) is 7.05 Å². The van der Waals surface area contributed by atoms with Crippen molar-refractivity contribution in [2.75, 3.05) is 0 Å². The average molecular weight is 340 g/mol. The third-order valence-electron chi connectivity index (χ3n) is 3.32. The van der Waals surface area contributed by atoms with Crippen LogP contribution in [-0.4, -0.2) is 25.6 Å². The highest BCUT2D eigenvalue weighted by Crippen LogP contribution is 2.21. The maximum atomic E-state index is 4.59. The van der Waals surface area contributed by atoms with E-state index >= 15 is 0 Å². The minimum absolute atomic E-state index is 0.478. The van der Waals surface area contributed by atoms with E-state index in [1.54, 1.807) is 0 Å². The van der Waals surface area contributed by atoms with Crippen LogP contribution in [0.25, 0.3) is 0 Å². The molecule has 0 unspecified atom stereocenters. The van der Waals surface area contributed by atoms with Crippen LogP contribution in [0, 0.1) is 13.8 Å². The summed E-state index contributed by atoms with van der Waals surface area (Å²) >= 11 is 3.60. The summed E-state index contributed by atoms with van der Waals surface area (Å²) in [5.74, 6) is 0. The van der Waals surface area contributed by atoms with Crippen molar-refractivity contribution < 1.29 is 0 Å². The Hall–Kier alpha value is -1.14. The first kappa shape index (κ1) is 15.3. The number of nitrogens with one attached hydrogen (secondary N) is 1. The Kier molecular flexibility index (Phi) is 4.65. The first-order valence-corrected chi connectivity index (χ1v) is 7.62. The van der Waals surface area contributed by atoms with Gasteiger partial charge in [-0.15, -0.1) is 0 Å². The Morgan fingerprint density at radius 3 is 2.50 bits per heavy atom. The van der Waals surface area contributed by atoms with E-state index in [0.717, 1.165) is 34.6 Å². The van der Waals surface area contributed by atoms with E-state index in [4.69, 9.17) is 0 Å². The zero-order chi connectivity index (χ0) is 14.9. The molecule has 2 aromatic rings. The van der Waals surface area contributed by atoms with Crippen LogP contribution < -0.4 is 5.32 Å². The summed E-state index contributed by atoms with van der Waals surface area (Å²) in [5.41, 5.74) is 4.46. The maximum absolute atomic E-state index is 4.59. The van der Waals surface area contributed by atoms with Crippen molar-refractivity contribution in [3.63, 3.8) is 0 Å². The summed E-state index contributed by atoms with van der Waals surface area (Å²) in [5, 5.41) is 12.4. The molecule has 0 spiro atoms. The fraction of sp³-hybridized carbons (Fsp3) is 0.571. The van der Waals surface area contributed by atoms with Crippen molar-refractivity contribution >= 4 is 15.9 Å². The zero-order valence-corrected chi connectivity index (χ0v) is 14.3. The van der Waals surface area contributed by atoms with E-state index in [2.05, 4.69) is 58.4 Å². The van der Waals surface area contributed by atoms with Gasteiger partial charge in [-0.1, -0.05) is 13.8 Å². The molecule has 2 heterocycles. The predicted octanol–water partition coefficient (Wildman–Crippen LogP) is 2.54. The van der Waals surface area contributed by atoms with Crippen molar-refractivity contribution in [3.05, 3.63) is 33.3 Å². The van der Waals surface area contributed by atoms with Gasteiger partial charge >= 0.3 is 0 Å². The summed E-state index contributed by atoms with van der Waals surface area (Å²) in [4.78, 5) is 0. The Balaban J connectivity index is 2.16. The highest BCUT2D eigenvalue weighted by Gasteiger charge is 2.13. The van der Waals surface area contributed by atoms with Gasteiger partial charge in [0.05, 0.1) is 28.1 Å². The Labute approximate surface area is 128 Å². The van der Waals surface area contributed by atoms with E-state index in [1.165, 1.54) is 5.56 Å². The van der Waals surface area contributed by atoms with E-state index in [0.29, 0.717) is 6.04 Å². The molecule has 0 aromatic carbocycles. The molecule has 0 fully saturated rings. The van der Waals surface area contributed by atoms with Crippen molar-refractivity contribution in [2.45, 2.75) is 46.8 Å². The molecular weight excluding hydrogens is 318 g/mol. The topological polar surface area (TPSA) is 47.7 Å². The third kappa shape index (κ3) is 3.30. The number of nitrogens with zero attached hydrogens (tertiary/aromatic N) is 4. The summed E-state index contributed by atoms with van der Waals surface area (Å²) in [6, 6.07) is 0.478. The quantitative estimate of drug-likeness (QED) is 0.910. The molecule has 0 atom stereocenters. The van der Waals surface area contributed by atoms with E-state index in [9.17, 15) is 0 Å². The molecule has 6 heteroatoms. The van der Waals surface area contributed by atoms with Crippen LogP contribution in [0.1, 0.15) is 36.5 Å². The second-order valence-electron chi connectivity index (χ2n) is 5.44. The Morgan fingerprint density at radius 1 is 1.25 bits per heavy atom. The first-order valence-electron chi connectivity index (χ1n) is 6.82. The van der Waals surface area contributed by atoms with Gasteiger partial charge in [0.2, 0.25) is 0 Å². The van der Waals surface area contributed by atoms with Crippen LogP contribution in [0.5, 0.6) is 0 Å². The van der Waals surface area contributed by atoms with Crippen molar-refractivity contribution in [1.29, 1.82) is 0 Å². The van der Waals surface area contributed by atoms with Gasteiger partial charge in [0.15, 0.2) is 0 Å². The number of rotatable bonds is 5. The van der Waals surface area contributed by atoms with Crippen LogP contribution in [0.15, 0.2) is 10.7 Å². The zero-order valence-electron chi connectivity index (χ0n) is 12.7. The lowest BCUT2D eigenvalue weighted by molar-refractivity contribution is 0.586. The SMILES string of the molecule is Cc1nn(Cc2c(Br)c(C)nn2C)cc1CNC(C)C. The summed E-state index contributed by atoms with van der Waals surface area (Å²) in [6.07, 6.45) is 2.11. The molecule has 0 saturated carbocycles. The highest BCUT2D eigenvalue weighted by molar-refractivity contribution is 9.10. The number of hydrogen-bond donors (Lipinski definition) is 1. The first-order chi connectivity index (χ1) is 9.38. The molecule has 110 valence electrons. The number of halogens is 1. The number of aromatic nitrogens is 4.